The number of sulfonamides is 1. The third kappa shape index (κ3) is 9.84. The lowest BCUT2D eigenvalue weighted by Crippen LogP contribution is -2.29. The Bertz CT molecular complexity index is 619. The van der Waals surface area contributed by atoms with E-state index in [4.69, 9.17) is 4.74 Å². The monoisotopic (exact) mass is 335 g/mol. The van der Waals surface area contributed by atoms with E-state index >= 15 is 0 Å². The molecule has 0 aromatic heterocycles. The zero-order valence-corrected chi connectivity index (χ0v) is 14.5. The predicted molar refractivity (Wildman–Crippen MR) is 95.3 cm³/mol. The molecule has 0 unspecified atom stereocenters. The van der Waals surface area contributed by atoms with Crippen LogP contribution in [0.1, 0.15) is 25.8 Å². The van der Waals surface area contributed by atoms with Crippen molar-refractivity contribution in [2.75, 3.05) is 6.61 Å². The molecule has 0 amide bonds. The van der Waals surface area contributed by atoms with Gasteiger partial charge in [-0.15, -0.1) is 0 Å². The van der Waals surface area contributed by atoms with Crippen LogP contribution in [0, 0.1) is 0 Å². The lowest BCUT2D eigenvalue weighted by molar-refractivity contribution is 0.148. The topological polar surface area (TPSA) is 55.4 Å². The highest BCUT2D eigenvalue weighted by atomic mass is 32.2. The standard InChI is InChI=1S/C18H25NO3S/c1-3-4-5-9-15-23(20,21)19-17(2)11-10-14-22-16-18-12-7-6-8-13-18/h4-13,15,17,19H,3,14,16H2,1-2H3/t17-/m1/s1. The van der Waals surface area contributed by atoms with Crippen molar-refractivity contribution in [2.24, 2.45) is 0 Å². The number of ether oxygens (including phenoxy) is 1. The van der Waals surface area contributed by atoms with Crippen LogP contribution in [0.15, 0.2) is 66.1 Å². The van der Waals surface area contributed by atoms with Crippen LogP contribution in [0.25, 0.3) is 0 Å². The molecule has 1 atom stereocenters. The van der Waals surface area contributed by atoms with E-state index in [1.54, 1.807) is 19.1 Å². The lowest BCUT2D eigenvalue weighted by atomic mass is 10.2. The normalized spacial score (nSPS) is 14.2. The van der Waals surface area contributed by atoms with Crippen LogP contribution in [0.2, 0.25) is 0 Å². The number of rotatable bonds is 10. The molecule has 126 valence electrons. The fraction of sp³-hybridized carbons (Fsp3) is 0.333. The Labute approximate surface area is 139 Å². The Morgan fingerprint density at radius 2 is 1.91 bits per heavy atom. The maximum atomic E-state index is 11.8. The second kappa shape index (κ2) is 10.9. The Kier molecular flexibility index (Phi) is 9.21. The van der Waals surface area contributed by atoms with Crippen LogP contribution in [0.3, 0.4) is 0 Å². The quantitative estimate of drug-likeness (QED) is 0.404. The third-order valence-electron chi connectivity index (χ3n) is 2.84. The first-order valence-corrected chi connectivity index (χ1v) is 9.22. The van der Waals surface area contributed by atoms with Crippen molar-refractivity contribution in [1.29, 1.82) is 0 Å². The largest absolute Gasteiger partial charge is 0.373 e. The van der Waals surface area contributed by atoms with Crippen molar-refractivity contribution in [3.8, 4) is 0 Å². The van der Waals surface area contributed by atoms with E-state index < -0.39 is 10.0 Å². The smallest absolute Gasteiger partial charge is 0.234 e. The minimum atomic E-state index is -3.42. The molecule has 0 heterocycles. The SMILES string of the molecule is CCC=CC=CS(=O)(=O)N[C@H](C)C=CCOCc1ccccc1. The molecule has 1 aromatic carbocycles. The molecule has 0 aliphatic rings. The molecule has 0 fully saturated rings. The maximum absolute atomic E-state index is 11.8. The summed E-state index contributed by atoms with van der Waals surface area (Å²) in [6, 6.07) is 9.60. The highest BCUT2D eigenvalue weighted by Gasteiger charge is 2.07. The van der Waals surface area contributed by atoms with Crippen LogP contribution in [-0.2, 0) is 21.4 Å². The molecule has 1 aromatic rings. The number of nitrogens with one attached hydrogen (secondary N) is 1. The molecule has 4 nitrogen and oxygen atoms in total. The Morgan fingerprint density at radius 3 is 2.61 bits per heavy atom. The van der Waals surface area contributed by atoms with Gasteiger partial charge < -0.3 is 4.74 Å². The second-order valence-electron chi connectivity index (χ2n) is 5.05. The summed E-state index contributed by atoms with van der Waals surface area (Å²) in [5.41, 5.74) is 1.11. The summed E-state index contributed by atoms with van der Waals surface area (Å²) < 4.78 is 31.6. The van der Waals surface area contributed by atoms with Gasteiger partial charge in [-0.1, -0.05) is 61.6 Å². The Balaban J connectivity index is 2.30. The number of benzene rings is 1. The highest BCUT2D eigenvalue weighted by molar-refractivity contribution is 7.92. The molecular formula is C18H25NO3S. The van der Waals surface area contributed by atoms with E-state index in [0.29, 0.717) is 13.2 Å². The van der Waals surface area contributed by atoms with E-state index in [1.165, 1.54) is 6.08 Å². The molecule has 5 heteroatoms. The van der Waals surface area contributed by atoms with Gasteiger partial charge in [-0.25, -0.2) is 13.1 Å². The number of hydrogen-bond donors (Lipinski definition) is 1. The predicted octanol–water partition coefficient (Wildman–Crippen LogP) is 3.55. The minimum Gasteiger partial charge on any atom is -0.373 e. The van der Waals surface area contributed by atoms with Crippen LogP contribution >= 0.6 is 0 Å². The fourth-order valence-corrected chi connectivity index (χ4v) is 2.75. The molecule has 1 rings (SSSR count). The average molecular weight is 335 g/mol. The van der Waals surface area contributed by atoms with Gasteiger partial charge in [-0.3, -0.25) is 0 Å². The van der Waals surface area contributed by atoms with Gasteiger partial charge in [0.2, 0.25) is 10.0 Å². The molecule has 0 saturated carbocycles. The Hall–Kier alpha value is -1.69. The third-order valence-corrected chi connectivity index (χ3v) is 4.06. The van der Waals surface area contributed by atoms with E-state index in [2.05, 4.69) is 4.72 Å². The van der Waals surface area contributed by atoms with Gasteiger partial charge in [0.25, 0.3) is 0 Å². The van der Waals surface area contributed by atoms with Gasteiger partial charge in [-0.2, -0.15) is 0 Å². The maximum Gasteiger partial charge on any atom is 0.234 e. The molecule has 0 saturated heterocycles. The summed E-state index contributed by atoms with van der Waals surface area (Å²) in [6.45, 7) is 4.75. The zero-order chi connectivity index (χ0) is 17.0. The first-order chi connectivity index (χ1) is 11.0. The van der Waals surface area contributed by atoms with Crippen LogP contribution in [0.4, 0.5) is 0 Å². The van der Waals surface area contributed by atoms with Gasteiger partial charge >= 0.3 is 0 Å². The van der Waals surface area contributed by atoms with E-state index in [-0.39, 0.29) is 6.04 Å². The summed E-state index contributed by atoms with van der Waals surface area (Å²) >= 11 is 0. The van der Waals surface area contributed by atoms with Crippen molar-refractivity contribution < 1.29 is 13.2 Å². The molecule has 23 heavy (non-hydrogen) atoms. The van der Waals surface area contributed by atoms with E-state index in [9.17, 15) is 8.42 Å². The van der Waals surface area contributed by atoms with Crippen LogP contribution < -0.4 is 4.72 Å². The van der Waals surface area contributed by atoms with Gasteiger partial charge in [0, 0.05) is 11.4 Å². The molecule has 0 aliphatic heterocycles. The van der Waals surface area contributed by atoms with Crippen molar-refractivity contribution in [1.82, 2.24) is 4.72 Å². The van der Waals surface area contributed by atoms with Gasteiger partial charge in [0.1, 0.15) is 0 Å². The van der Waals surface area contributed by atoms with E-state index in [0.717, 1.165) is 17.4 Å². The number of allylic oxidation sites excluding steroid dienone is 3. The summed E-state index contributed by atoms with van der Waals surface area (Å²) in [6.07, 6.45) is 9.59. The van der Waals surface area contributed by atoms with Gasteiger partial charge in [0.05, 0.1) is 13.2 Å². The van der Waals surface area contributed by atoms with Crippen molar-refractivity contribution >= 4 is 10.0 Å². The molecule has 1 N–H and O–H groups in total. The van der Waals surface area contributed by atoms with Gasteiger partial charge in [-0.05, 0) is 25.0 Å². The average Bonchev–Trinajstić information content (AvgIpc) is 2.52. The fourth-order valence-electron chi connectivity index (χ4n) is 1.78. The van der Waals surface area contributed by atoms with Crippen LogP contribution in [0.5, 0.6) is 0 Å². The zero-order valence-electron chi connectivity index (χ0n) is 13.7. The van der Waals surface area contributed by atoms with Crippen LogP contribution in [-0.4, -0.2) is 21.1 Å². The molecular weight excluding hydrogens is 310 g/mol. The Morgan fingerprint density at radius 1 is 1.17 bits per heavy atom. The first-order valence-electron chi connectivity index (χ1n) is 7.67. The summed E-state index contributed by atoms with van der Waals surface area (Å²) in [5.74, 6) is 0. The molecule has 0 radical (unpaired) electrons. The first kappa shape index (κ1) is 19.4. The summed E-state index contributed by atoms with van der Waals surface area (Å²) in [7, 11) is -3.42. The van der Waals surface area contributed by atoms with E-state index in [1.807, 2.05) is 49.4 Å². The van der Waals surface area contributed by atoms with Gasteiger partial charge in [0.15, 0.2) is 0 Å². The highest BCUT2D eigenvalue weighted by Crippen LogP contribution is 2.00. The number of hydrogen-bond acceptors (Lipinski definition) is 3. The van der Waals surface area contributed by atoms with Crippen molar-refractivity contribution in [3.05, 3.63) is 71.7 Å². The van der Waals surface area contributed by atoms with Crippen molar-refractivity contribution in [3.63, 3.8) is 0 Å². The molecule has 0 spiro atoms. The lowest BCUT2D eigenvalue weighted by Gasteiger charge is -2.07. The molecule has 0 bridgehead atoms. The summed E-state index contributed by atoms with van der Waals surface area (Å²) in [5, 5.41) is 1.16. The minimum absolute atomic E-state index is 0.292. The second-order valence-corrected chi connectivity index (χ2v) is 6.64. The molecule has 0 aliphatic carbocycles. The summed E-state index contributed by atoms with van der Waals surface area (Å²) in [4.78, 5) is 0. The van der Waals surface area contributed by atoms with Crippen molar-refractivity contribution in [2.45, 2.75) is 32.9 Å².